The molecule has 168 valence electrons. The molecule has 32 heavy (non-hydrogen) atoms. The van der Waals surface area contributed by atoms with Gasteiger partial charge < -0.3 is 20.5 Å². The van der Waals surface area contributed by atoms with Crippen LogP contribution in [0.5, 0.6) is 5.88 Å². The van der Waals surface area contributed by atoms with Gasteiger partial charge in [0.1, 0.15) is 24.3 Å². The first-order chi connectivity index (χ1) is 15.4. The minimum atomic E-state index is -0.674. The number of anilines is 2. The third kappa shape index (κ3) is 3.78. The van der Waals surface area contributed by atoms with E-state index in [4.69, 9.17) is 15.6 Å². The summed E-state index contributed by atoms with van der Waals surface area (Å²) in [6.45, 7) is 0.752. The molecule has 0 atom stereocenters. The van der Waals surface area contributed by atoms with Crippen molar-refractivity contribution in [2.45, 2.75) is 50.9 Å². The third-order valence-electron chi connectivity index (χ3n) is 7.48. The number of rotatable bonds is 4. The summed E-state index contributed by atoms with van der Waals surface area (Å²) in [6, 6.07) is 8.23. The lowest BCUT2D eigenvalue weighted by Crippen LogP contribution is -2.40. The summed E-state index contributed by atoms with van der Waals surface area (Å²) in [6.07, 6.45) is 8.37. The van der Waals surface area contributed by atoms with Crippen LogP contribution in [0, 0.1) is 11.3 Å². The Morgan fingerprint density at radius 1 is 1.19 bits per heavy atom. The van der Waals surface area contributed by atoms with E-state index in [1.54, 1.807) is 4.90 Å². The van der Waals surface area contributed by atoms with Crippen molar-refractivity contribution >= 4 is 23.4 Å². The molecule has 2 fully saturated rings. The number of fused-ring (bicyclic) bond motifs is 1. The molecule has 1 amide bonds. The van der Waals surface area contributed by atoms with Crippen molar-refractivity contribution in [2.75, 3.05) is 23.8 Å². The van der Waals surface area contributed by atoms with Crippen molar-refractivity contribution < 1.29 is 19.4 Å². The molecule has 0 radical (unpaired) electrons. The van der Waals surface area contributed by atoms with Gasteiger partial charge in [0.05, 0.1) is 6.54 Å². The number of carbonyl (C=O) groups is 2. The summed E-state index contributed by atoms with van der Waals surface area (Å²) < 4.78 is 5.61. The summed E-state index contributed by atoms with van der Waals surface area (Å²) in [7, 11) is 0. The number of hydrogen-bond donors (Lipinski definition) is 2. The number of nitrogens with two attached hydrogens (primary N) is 1. The lowest BCUT2D eigenvalue weighted by Gasteiger charge is -2.51. The molecular weight excluding hydrogens is 408 g/mol. The Morgan fingerprint density at radius 3 is 2.59 bits per heavy atom. The Bertz CT molecular complexity index is 1020. The molecule has 0 saturated heterocycles. The van der Waals surface area contributed by atoms with Gasteiger partial charge in [-0.2, -0.15) is 0 Å². The van der Waals surface area contributed by atoms with E-state index < -0.39 is 5.97 Å². The SMILES string of the molecule is Nc1ncnc2c1C(=O)N(c1ccc(C3CCC4(CC3)CC(CC(=O)O)C4)cc1)CCO2. The number of carboxylic acids is 1. The zero-order valence-corrected chi connectivity index (χ0v) is 18.0. The molecule has 0 bridgehead atoms. The zero-order valence-electron chi connectivity index (χ0n) is 18.0. The number of nitrogens with zero attached hydrogens (tertiary/aromatic N) is 3. The molecule has 5 rings (SSSR count). The van der Waals surface area contributed by atoms with Crippen molar-refractivity contribution in [3.63, 3.8) is 0 Å². The van der Waals surface area contributed by atoms with E-state index in [1.807, 2.05) is 12.1 Å². The predicted molar refractivity (Wildman–Crippen MR) is 119 cm³/mol. The van der Waals surface area contributed by atoms with Gasteiger partial charge in [0.15, 0.2) is 0 Å². The smallest absolute Gasteiger partial charge is 0.303 e. The average Bonchev–Trinajstić information content (AvgIpc) is 2.92. The van der Waals surface area contributed by atoms with Crippen LogP contribution in [0.25, 0.3) is 0 Å². The van der Waals surface area contributed by atoms with Gasteiger partial charge in [0, 0.05) is 12.1 Å². The maximum absolute atomic E-state index is 13.1. The predicted octanol–water partition coefficient (Wildman–Crippen LogP) is 3.63. The van der Waals surface area contributed by atoms with E-state index in [0.29, 0.717) is 36.8 Å². The lowest BCUT2D eigenvalue weighted by atomic mass is 9.53. The van der Waals surface area contributed by atoms with E-state index in [0.717, 1.165) is 31.4 Å². The molecule has 1 aromatic heterocycles. The molecule has 2 heterocycles. The third-order valence-corrected chi connectivity index (χ3v) is 7.48. The summed E-state index contributed by atoms with van der Waals surface area (Å²) in [5.74, 6) is 0.320. The Kier molecular flexibility index (Phi) is 5.23. The highest BCUT2D eigenvalue weighted by Gasteiger charge is 2.46. The standard InChI is InChI=1S/C24H28N4O4/c25-21-20-22(27-14-26-21)32-10-9-28(23(20)31)18-3-1-16(2-4-18)17-5-7-24(8-6-17)12-15(13-24)11-19(29)30/h1-4,14-15,17H,5-13H2,(H,29,30)(H2,25,26,27). The first kappa shape index (κ1) is 20.7. The Labute approximate surface area is 186 Å². The Morgan fingerprint density at radius 2 is 1.91 bits per heavy atom. The molecule has 1 aromatic carbocycles. The first-order valence-corrected chi connectivity index (χ1v) is 11.3. The number of aliphatic carboxylic acids is 1. The average molecular weight is 437 g/mol. The molecule has 1 aliphatic heterocycles. The number of nitrogen functional groups attached to an aromatic ring is 1. The topological polar surface area (TPSA) is 119 Å². The largest absolute Gasteiger partial charge is 0.481 e. The van der Waals surface area contributed by atoms with Gasteiger partial charge in [-0.1, -0.05) is 12.1 Å². The van der Waals surface area contributed by atoms with Crippen molar-refractivity contribution in [1.29, 1.82) is 0 Å². The van der Waals surface area contributed by atoms with Gasteiger partial charge >= 0.3 is 5.97 Å². The number of benzene rings is 1. The second-order valence-corrected chi connectivity index (χ2v) is 9.48. The first-order valence-electron chi connectivity index (χ1n) is 11.3. The second kappa shape index (κ2) is 8.07. The highest BCUT2D eigenvalue weighted by atomic mass is 16.5. The van der Waals surface area contributed by atoms with Crippen molar-refractivity contribution in [2.24, 2.45) is 11.3 Å². The van der Waals surface area contributed by atoms with Crippen LogP contribution in [0.4, 0.5) is 11.5 Å². The van der Waals surface area contributed by atoms with Gasteiger partial charge in [-0.05, 0) is 73.5 Å². The normalized spacial score (nSPS) is 27.2. The van der Waals surface area contributed by atoms with Gasteiger partial charge in [-0.15, -0.1) is 0 Å². The summed E-state index contributed by atoms with van der Waals surface area (Å²) >= 11 is 0. The number of carbonyl (C=O) groups excluding carboxylic acids is 1. The van der Waals surface area contributed by atoms with Crippen LogP contribution in [0.1, 0.15) is 66.8 Å². The maximum Gasteiger partial charge on any atom is 0.303 e. The number of hydrogen-bond acceptors (Lipinski definition) is 6. The minimum Gasteiger partial charge on any atom is -0.481 e. The van der Waals surface area contributed by atoms with Crippen LogP contribution < -0.4 is 15.4 Å². The summed E-state index contributed by atoms with van der Waals surface area (Å²) in [5.41, 5.74) is 8.63. The minimum absolute atomic E-state index is 0.126. The molecule has 2 aliphatic carbocycles. The molecule has 1 spiro atoms. The Hall–Kier alpha value is -3.16. The fourth-order valence-corrected chi connectivity index (χ4v) is 5.86. The van der Waals surface area contributed by atoms with Crippen molar-refractivity contribution in [3.8, 4) is 5.88 Å². The Balaban J connectivity index is 1.24. The maximum atomic E-state index is 13.1. The van der Waals surface area contributed by atoms with Crippen LogP contribution in [0.2, 0.25) is 0 Å². The van der Waals surface area contributed by atoms with Crippen molar-refractivity contribution in [1.82, 2.24) is 9.97 Å². The number of carboxylic acid groups (broad SMARTS) is 1. The van der Waals surface area contributed by atoms with Gasteiger partial charge in [0.2, 0.25) is 5.88 Å². The molecule has 8 nitrogen and oxygen atoms in total. The molecule has 3 N–H and O–H groups in total. The van der Waals surface area contributed by atoms with Crippen LogP contribution in [-0.2, 0) is 4.79 Å². The monoisotopic (exact) mass is 436 g/mol. The van der Waals surface area contributed by atoms with E-state index in [1.165, 1.54) is 24.7 Å². The van der Waals surface area contributed by atoms with Crippen LogP contribution >= 0.6 is 0 Å². The highest BCUT2D eigenvalue weighted by molar-refractivity contribution is 6.10. The second-order valence-electron chi connectivity index (χ2n) is 9.48. The number of amides is 1. The van der Waals surface area contributed by atoms with Crippen LogP contribution in [0.3, 0.4) is 0 Å². The van der Waals surface area contributed by atoms with E-state index in [9.17, 15) is 9.59 Å². The molecule has 2 aromatic rings. The lowest BCUT2D eigenvalue weighted by molar-refractivity contribution is -0.140. The molecule has 2 saturated carbocycles. The molecular formula is C24H28N4O4. The van der Waals surface area contributed by atoms with Crippen molar-refractivity contribution in [3.05, 3.63) is 41.7 Å². The molecule has 0 unspecified atom stereocenters. The van der Waals surface area contributed by atoms with Gasteiger partial charge in [0.25, 0.3) is 5.91 Å². The zero-order chi connectivity index (χ0) is 22.3. The van der Waals surface area contributed by atoms with E-state index in [-0.39, 0.29) is 23.2 Å². The fraction of sp³-hybridized carbons (Fsp3) is 0.500. The highest BCUT2D eigenvalue weighted by Crippen LogP contribution is 2.57. The van der Waals surface area contributed by atoms with Crippen LogP contribution in [0.15, 0.2) is 30.6 Å². The van der Waals surface area contributed by atoms with E-state index in [2.05, 4.69) is 22.1 Å². The number of aromatic nitrogens is 2. The fourth-order valence-electron chi connectivity index (χ4n) is 5.86. The summed E-state index contributed by atoms with van der Waals surface area (Å²) in [4.78, 5) is 33.7. The summed E-state index contributed by atoms with van der Waals surface area (Å²) in [5, 5.41) is 8.99. The number of ether oxygens (including phenoxy) is 1. The van der Waals surface area contributed by atoms with Crippen LogP contribution in [-0.4, -0.2) is 40.1 Å². The molecule has 8 heteroatoms. The molecule has 3 aliphatic rings. The van der Waals surface area contributed by atoms with Gasteiger partial charge in [-0.25, -0.2) is 9.97 Å². The quantitative estimate of drug-likeness (QED) is 0.751. The van der Waals surface area contributed by atoms with E-state index >= 15 is 0 Å². The van der Waals surface area contributed by atoms with Gasteiger partial charge in [-0.3, -0.25) is 9.59 Å².